The predicted molar refractivity (Wildman–Crippen MR) is 94.7 cm³/mol. The summed E-state index contributed by atoms with van der Waals surface area (Å²) in [5.41, 5.74) is 0. The molecule has 0 saturated heterocycles. The first kappa shape index (κ1) is 20.1. The highest BCUT2D eigenvalue weighted by molar-refractivity contribution is 9.10. The quantitative estimate of drug-likeness (QED) is 0.619. The van der Waals surface area contributed by atoms with Gasteiger partial charge in [-0.1, -0.05) is 29.8 Å². The Kier molecular flexibility index (Phi) is 8.75. The van der Waals surface area contributed by atoms with Gasteiger partial charge in [0.05, 0.1) is 4.90 Å². The van der Waals surface area contributed by atoms with Crippen LogP contribution in [0.5, 0.6) is 0 Å². The Morgan fingerprint density at radius 1 is 1.13 bits per heavy atom. The summed E-state index contributed by atoms with van der Waals surface area (Å²) in [6.45, 7) is 7.47. The molecule has 130 valence electrons. The van der Waals surface area contributed by atoms with Crippen LogP contribution in [0, 0.1) is 0 Å². The average molecular weight is 406 g/mol. The monoisotopic (exact) mass is 405 g/mol. The number of halogens is 1. The zero-order chi connectivity index (χ0) is 17.3. The van der Waals surface area contributed by atoms with Crippen LogP contribution in [0.4, 0.5) is 0 Å². The van der Waals surface area contributed by atoms with Crippen LogP contribution >= 0.6 is 15.9 Å². The van der Waals surface area contributed by atoms with Crippen LogP contribution in [0.15, 0.2) is 33.6 Å². The minimum Gasteiger partial charge on any atom is -0.355 e. The number of benzene rings is 1. The Morgan fingerprint density at radius 2 is 1.74 bits per heavy atom. The molecule has 0 radical (unpaired) electrons. The molecular weight excluding hydrogens is 382 g/mol. The first-order chi connectivity index (χ1) is 10.9. The number of carbonyl (C=O) groups excluding carboxylic acids is 1. The predicted octanol–water partition coefficient (Wildman–Crippen LogP) is 1.58. The van der Waals surface area contributed by atoms with Crippen LogP contribution in [0.3, 0.4) is 0 Å². The molecule has 0 saturated carbocycles. The van der Waals surface area contributed by atoms with Crippen molar-refractivity contribution in [3.05, 3.63) is 28.7 Å². The first-order valence-electron chi connectivity index (χ1n) is 7.63. The van der Waals surface area contributed by atoms with Gasteiger partial charge >= 0.3 is 0 Å². The molecule has 1 aromatic rings. The topological polar surface area (TPSA) is 78.5 Å². The van der Waals surface area contributed by atoms with Crippen molar-refractivity contribution in [1.82, 2.24) is 14.9 Å². The van der Waals surface area contributed by atoms with Crippen molar-refractivity contribution in [3.63, 3.8) is 0 Å². The van der Waals surface area contributed by atoms with Gasteiger partial charge in [0.2, 0.25) is 15.9 Å². The molecule has 0 bridgehead atoms. The van der Waals surface area contributed by atoms with E-state index in [1.165, 1.54) is 12.1 Å². The van der Waals surface area contributed by atoms with Crippen LogP contribution in [0.2, 0.25) is 0 Å². The molecule has 8 heteroatoms. The van der Waals surface area contributed by atoms with E-state index in [4.69, 9.17) is 0 Å². The number of hydrogen-bond donors (Lipinski definition) is 2. The third-order valence-corrected chi connectivity index (χ3v) is 5.42. The first-order valence-corrected chi connectivity index (χ1v) is 9.91. The number of carbonyl (C=O) groups is 1. The SMILES string of the molecule is CCN(CC)CCNC(=O)CCNS(=O)(=O)c1ccc(Br)cc1. The number of sulfonamides is 1. The fourth-order valence-corrected chi connectivity index (χ4v) is 3.27. The number of nitrogens with zero attached hydrogens (tertiary/aromatic N) is 1. The van der Waals surface area contributed by atoms with Crippen molar-refractivity contribution in [3.8, 4) is 0 Å². The Balaban J connectivity index is 2.32. The zero-order valence-electron chi connectivity index (χ0n) is 13.5. The van der Waals surface area contributed by atoms with E-state index < -0.39 is 10.0 Å². The van der Waals surface area contributed by atoms with Crippen molar-refractivity contribution in [2.75, 3.05) is 32.7 Å². The lowest BCUT2D eigenvalue weighted by molar-refractivity contribution is -0.120. The Hall–Kier alpha value is -0.960. The summed E-state index contributed by atoms with van der Waals surface area (Å²) in [6.07, 6.45) is 0.119. The van der Waals surface area contributed by atoms with E-state index >= 15 is 0 Å². The molecule has 0 spiro atoms. The van der Waals surface area contributed by atoms with Gasteiger partial charge in [0, 0.05) is 30.5 Å². The molecule has 0 aliphatic carbocycles. The summed E-state index contributed by atoms with van der Waals surface area (Å²) >= 11 is 3.26. The van der Waals surface area contributed by atoms with Crippen LogP contribution in [-0.4, -0.2) is 51.9 Å². The van der Waals surface area contributed by atoms with Gasteiger partial charge in [0.25, 0.3) is 0 Å². The van der Waals surface area contributed by atoms with Gasteiger partial charge in [-0.2, -0.15) is 0 Å². The van der Waals surface area contributed by atoms with Gasteiger partial charge in [-0.3, -0.25) is 4.79 Å². The lowest BCUT2D eigenvalue weighted by atomic mass is 10.4. The van der Waals surface area contributed by atoms with E-state index in [1.807, 2.05) is 0 Å². The third kappa shape index (κ3) is 7.43. The van der Waals surface area contributed by atoms with Crippen molar-refractivity contribution in [1.29, 1.82) is 0 Å². The molecule has 23 heavy (non-hydrogen) atoms. The molecule has 6 nitrogen and oxygen atoms in total. The van der Waals surface area contributed by atoms with Crippen LogP contribution < -0.4 is 10.0 Å². The maximum atomic E-state index is 12.0. The minimum atomic E-state index is -3.57. The minimum absolute atomic E-state index is 0.0789. The van der Waals surface area contributed by atoms with Gasteiger partial charge < -0.3 is 10.2 Å². The highest BCUT2D eigenvalue weighted by Crippen LogP contribution is 2.14. The van der Waals surface area contributed by atoms with E-state index in [2.05, 4.69) is 44.7 Å². The Bertz CT molecular complexity index is 586. The van der Waals surface area contributed by atoms with Crippen LogP contribution in [-0.2, 0) is 14.8 Å². The maximum absolute atomic E-state index is 12.0. The van der Waals surface area contributed by atoms with Crippen molar-refractivity contribution in [2.45, 2.75) is 25.2 Å². The second-order valence-corrected chi connectivity index (χ2v) is 7.66. The highest BCUT2D eigenvalue weighted by atomic mass is 79.9. The van der Waals surface area contributed by atoms with E-state index in [-0.39, 0.29) is 23.8 Å². The van der Waals surface area contributed by atoms with Crippen molar-refractivity contribution >= 4 is 31.9 Å². The molecule has 0 heterocycles. The molecule has 0 aliphatic heterocycles. The molecule has 1 amide bonds. The van der Waals surface area contributed by atoms with Crippen molar-refractivity contribution < 1.29 is 13.2 Å². The zero-order valence-corrected chi connectivity index (χ0v) is 15.9. The lowest BCUT2D eigenvalue weighted by Gasteiger charge is -2.17. The molecule has 0 aromatic heterocycles. The molecule has 1 rings (SSSR count). The molecule has 1 aromatic carbocycles. The highest BCUT2D eigenvalue weighted by Gasteiger charge is 2.13. The maximum Gasteiger partial charge on any atom is 0.240 e. The average Bonchev–Trinajstić information content (AvgIpc) is 2.52. The summed E-state index contributed by atoms with van der Waals surface area (Å²) in [4.78, 5) is 14.1. The third-order valence-electron chi connectivity index (χ3n) is 3.41. The second kappa shape index (κ2) is 10.0. The fraction of sp³-hybridized carbons (Fsp3) is 0.533. The van der Waals surface area contributed by atoms with E-state index in [0.717, 1.165) is 24.1 Å². The molecular formula is C15H24BrN3O3S. The molecule has 0 aliphatic rings. The number of amides is 1. The lowest BCUT2D eigenvalue weighted by Crippen LogP contribution is -2.36. The number of rotatable bonds is 10. The van der Waals surface area contributed by atoms with Crippen molar-refractivity contribution in [2.24, 2.45) is 0 Å². The van der Waals surface area contributed by atoms with Gasteiger partial charge in [-0.25, -0.2) is 13.1 Å². The summed E-state index contributed by atoms with van der Waals surface area (Å²) in [7, 11) is -3.57. The molecule has 0 atom stereocenters. The number of nitrogens with one attached hydrogen (secondary N) is 2. The normalized spacial score (nSPS) is 11.7. The Labute approximate surface area is 146 Å². The van der Waals surface area contributed by atoms with Gasteiger partial charge in [0.1, 0.15) is 0 Å². The summed E-state index contributed by atoms with van der Waals surface area (Å²) < 4.78 is 27.3. The molecule has 0 unspecified atom stereocenters. The largest absolute Gasteiger partial charge is 0.355 e. The fourth-order valence-electron chi connectivity index (χ4n) is 1.98. The summed E-state index contributed by atoms with van der Waals surface area (Å²) in [6, 6.07) is 6.34. The number of likely N-dealkylation sites (N-methyl/N-ethyl adjacent to an activating group) is 1. The second-order valence-electron chi connectivity index (χ2n) is 4.98. The van der Waals surface area contributed by atoms with E-state index in [9.17, 15) is 13.2 Å². The van der Waals surface area contributed by atoms with Crippen LogP contribution in [0.25, 0.3) is 0 Å². The number of hydrogen-bond acceptors (Lipinski definition) is 4. The molecule has 0 fully saturated rings. The smallest absolute Gasteiger partial charge is 0.240 e. The molecule has 2 N–H and O–H groups in total. The summed E-state index contributed by atoms with van der Waals surface area (Å²) in [5, 5.41) is 2.79. The summed E-state index contributed by atoms with van der Waals surface area (Å²) in [5.74, 6) is -0.157. The van der Waals surface area contributed by atoms with Gasteiger partial charge in [0.15, 0.2) is 0 Å². The van der Waals surface area contributed by atoms with E-state index in [0.29, 0.717) is 6.54 Å². The van der Waals surface area contributed by atoms with E-state index in [1.54, 1.807) is 12.1 Å². The Morgan fingerprint density at radius 3 is 2.30 bits per heavy atom. The van der Waals surface area contributed by atoms with Gasteiger partial charge in [-0.15, -0.1) is 0 Å². The van der Waals surface area contributed by atoms with Gasteiger partial charge in [-0.05, 0) is 37.4 Å². The van der Waals surface area contributed by atoms with Crippen LogP contribution in [0.1, 0.15) is 20.3 Å². The standard InChI is InChI=1S/C15H24BrN3O3S/c1-3-19(4-2)12-11-17-15(20)9-10-18-23(21,22)14-7-5-13(16)6-8-14/h5-8,18H,3-4,9-12H2,1-2H3,(H,17,20).